The summed E-state index contributed by atoms with van der Waals surface area (Å²) < 4.78 is 0. The summed E-state index contributed by atoms with van der Waals surface area (Å²) in [5.74, 6) is 0.258. The number of carbonyl (C=O) groups is 1. The fraction of sp³-hybridized carbons (Fsp3) is 0.400. The van der Waals surface area contributed by atoms with Gasteiger partial charge >= 0.3 is 0 Å². The number of carbonyl (C=O) groups excluding carboxylic acids is 1. The zero-order chi connectivity index (χ0) is 12.5. The lowest BCUT2D eigenvalue weighted by atomic mass is 9.73. The fourth-order valence-corrected chi connectivity index (χ4v) is 2.70. The molecular weight excluding hydrogens is 210 g/mol. The van der Waals surface area contributed by atoms with Crippen molar-refractivity contribution in [3.05, 3.63) is 36.0 Å². The molecule has 0 aliphatic heterocycles. The van der Waals surface area contributed by atoms with Crippen LogP contribution in [-0.2, 0) is 10.2 Å². The summed E-state index contributed by atoms with van der Waals surface area (Å²) in [5, 5.41) is 1.19. The van der Waals surface area contributed by atoms with Gasteiger partial charge < -0.3 is 4.98 Å². The second-order valence-electron chi connectivity index (χ2n) is 4.63. The highest BCUT2D eigenvalue weighted by Gasteiger charge is 2.33. The minimum atomic E-state index is -0.320. The van der Waals surface area contributed by atoms with E-state index in [9.17, 15) is 4.79 Å². The molecule has 90 valence electrons. The van der Waals surface area contributed by atoms with Gasteiger partial charge in [0.15, 0.2) is 0 Å². The molecule has 2 rings (SSSR count). The minimum Gasteiger partial charge on any atom is -0.361 e. The molecule has 2 heteroatoms. The van der Waals surface area contributed by atoms with Crippen LogP contribution in [0.4, 0.5) is 0 Å². The van der Waals surface area contributed by atoms with Crippen LogP contribution in [0.3, 0.4) is 0 Å². The van der Waals surface area contributed by atoms with Gasteiger partial charge in [-0.05, 0) is 42.8 Å². The van der Waals surface area contributed by atoms with Crippen LogP contribution < -0.4 is 0 Å². The van der Waals surface area contributed by atoms with Gasteiger partial charge in [-0.3, -0.25) is 4.79 Å². The van der Waals surface area contributed by atoms with Crippen molar-refractivity contribution >= 4 is 16.7 Å². The molecule has 1 aromatic heterocycles. The van der Waals surface area contributed by atoms with E-state index in [0.717, 1.165) is 23.9 Å². The van der Waals surface area contributed by atoms with Crippen LogP contribution in [-0.4, -0.2) is 10.8 Å². The van der Waals surface area contributed by atoms with Gasteiger partial charge in [-0.2, -0.15) is 0 Å². The van der Waals surface area contributed by atoms with Gasteiger partial charge in [0.05, 0.1) is 5.41 Å². The van der Waals surface area contributed by atoms with E-state index in [-0.39, 0.29) is 11.2 Å². The van der Waals surface area contributed by atoms with Crippen LogP contribution in [0, 0.1) is 0 Å². The highest BCUT2D eigenvalue weighted by Crippen LogP contribution is 2.34. The highest BCUT2D eigenvalue weighted by molar-refractivity contribution is 5.90. The summed E-state index contributed by atoms with van der Waals surface area (Å²) in [5.41, 5.74) is 1.92. The van der Waals surface area contributed by atoms with Crippen molar-refractivity contribution in [2.75, 3.05) is 0 Å². The van der Waals surface area contributed by atoms with E-state index in [1.54, 1.807) is 6.92 Å². The van der Waals surface area contributed by atoms with Crippen molar-refractivity contribution in [3.8, 4) is 0 Å². The molecule has 0 spiro atoms. The summed E-state index contributed by atoms with van der Waals surface area (Å²) in [6.07, 6.45) is 3.64. The fourth-order valence-electron chi connectivity index (χ4n) is 2.70. The predicted molar refractivity (Wildman–Crippen MR) is 71.2 cm³/mol. The molecule has 1 heterocycles. The molecule has 0 bridgehead atoms. The lowest BCUT2D eigenvalue weighted by Gasteiger charge is -2.29. The van der Waals surface area contributed by atoms with E-state index in [0.29, 0.717) is 0 Å². The van der Waals surface area contributed by atoms with Gasteiger partial charge in [-0.25, -0.2) is 0 Å². The first-order valence-electron chi connectivity index (χ1n) is 6.22. The van der Waals surface area contributed by atoms with Crippen molar-refractivity contribution in [1.82, 2.24) is 4.98 Å². The molecular formula is C15H19NO. The average molecular weight is 229 g/mol. The average Bonchev–Trinajstić information content (AvgIpc) is 2.78. The zero-order valence-electron chi connectivity index (χ0n) is 10.7. The number of H-pyrrole nitrogens is 1. The number of benzene rings is 1. The number of fused-ring (bicyclic) bond motifs is 1. The smallest absolute Gasteiger partial charge is 0.140 e. The number of rotatable bonds is 4. The monoisotopic (exact) mass is 229 g/mol. The maximum atomic E-state index is 12.0. The van der Waals surface area contributed by atoms with Gasteiger partial charge in [0.25, 0.3) is 0 Å². The van der Waals surface area contributed by atoms with E-state index < -0.39 is 0 Å². The molecule has 0 aliphatic carbocycles. The van der Waals surface area contributed by atoms with Crippen molar-refractivity contribution in [2.24, 2.45) is 0 Å². The number of nitrogens with one attached hydrogen (secondary N) is 1. The number of aromatic amines is 1. The Hall–Kier alpha value is -1.57. The molecule has 0 aliphatic rings. The number of Topliss-reactive ketones (excluding diaryl/α,β-unsaturated/α-hetero) is 1. The van der Waals surface area contributed by atoms with E-state index in [1.165, 1.54) is 5.39 Å². The largest absolute Gasteiger partial charge is 0.361 e. The second kappa shape index (κ2) is 4.36. The Balaban J connectivity index is 2.59. The van der Waals surface area contributed by atoms with Gasteiger partial charge in [0, 0.05) is 11.7 Å². The van der Waals surface area contributed by atoms with Crippen molar-refractivity contribution in [3.63, 3.8) is 0 Å². The SMILES string of the molecule is CCC(CC)(C(C)=O)c1ccc2cc[nH]c2c1. The van der Waals surface area contributed by atoms with Crippen LogP contribution >= 0.6 is 0 Å². The van der Waals surface area contributed by atoms with E-state index >= 15 is 0 Å². The lowest BCUT2D eigenvalue weighted by molar-refractivity contribution is -0.122. The van der Waals surface area contributed by atoms with E-state index in [2.05, 4.69) is 37.0 Å². The van der Waals surface area contributed by atoms with Gasteiger partial charge in [0.2, 0.25) is 0 Å². The molecule has 0 atom stereocenters. The summed E-state index contributed by atoms with van der Waals surface area (Å²) in [7, 11) is 0. The van der Waals surface area contributed by atoms with E-state index in [1.807, 2.05) is 12.3 Å². The first-order chi connectivity index (χ1) is 8.14. The summed E-state index contributed by atoms with van der Waals surface area (Å²) in [6, 6.07) is 8.34. The topological polar surface area (TPSA) is 32.9 Å². The van der Waals surface area contributed by atoms with Gasteiger partial charge in [0.1, 0.15) is 5.78 Å². The molecule has 0 saturated carbocycles. The van der Waals surface area contributed by atoms with Crippen molar-refractivity contribution in [1.29, 1.82) is 0 Å². The predicted octanol–water partition coefficient (Wildman–Crippen LogP) is 3.81. The third kappa shape index (κ3) is 1.78. The van der Waals surface area contributed by atoms with E-state index in [4.69, 9.17) is 0 Å². The Kier molecular flexibility index (Phi) is 3.05. The molecule has 0 radical (unpaired) electrons. The second-order valence-corrected chi connectivity index (χ2v) is 4.63. The van der Waals surface area contributed by atoms with Crippen molar-refractivity contribution in [2.45, 2.75) is 39.0 Å². The molecule has 0 saturated heterocycles. The standard InChI is InChI=1S/C15H19NO/c1-4-15(5-2,11(3)17)13-7-6-12-8-9-16-14(12)10-13/h6-10,16H,4-5H2,1-3H3. The molecule has 1 N–H and O–H groups in total. The number of aromatic nitrogens is 1. The third-order valence-corrected chi connectivity index (χ3v) is 3.99. The quantitative estimate of drug-likeness (QED) is 0.849. The van der Waals surface area contributed by atoms with Crippen LogP contribution in [0.1, 0.15) is 39.2 Å². The normalized spacial score (nSPS) is 11.9. The number of ketones is 1. The number of hydrogen-bond donors (Lipinski definition) is 1. The Bertz CT molecular complexity index is 535. The first-order valence-corrected chi connectivity index (χ1v) is 6.22. The molecule has 1 aromatic carbocycles. The Morgan fingerprint density at radius 2 is 1.94 bits per heavy atom. The Labute approximate surface area is 102 Å². The van der Waals surface area contributed by atoms with Crippen LogP contribution in [0.15, 0.2) is 30.5 Å². The molecule has 0 unspecified atom stereocenters. The highest BCUT2D eigenvalue weighted by atomic mass is 16.1. The molecule has 17 heavy (non-hydrogen) atoms. The molecule has 2 aromatic rings. The van der Waals surface area contributed by atoms with Gasteiger partial charge in [-0.1, -0.05) is 26.0 Å². The maximum absolute atomic E-state index is 12.0. The van der Waals surface area contributed by atoms with Crippen LogP contribution in [0.2, 0.25) is 0 Å². The van der Waals surface area contributed by atoms with Crippen molar-refractivity contribution < 1.29 is 4.79 Å². The zero-order valence-corrected chi connectivity index (χ0v) is 10.7. The molecule has 2 nitrogen and oxygen atoms in total. The first kappa shape index (κ1) is 11.9. The molecule has 0 fully saturated rings. The van der Waals surface area contributed by atoms with Crippen LogP contribution in [0.25, 0.3) is 10.9 Å². The molecule has 0 amide bonds. The summed E-state index contributed by atoms with van der Waals surface area (Å²) >= 11 is 0. The van der Waals surface area contributed by atoms with Crippen LogP contribution in [0.5, 0.6) is 0 Å². The Morgan fingerprint density at radius 1 is 1.24 bits per heavy atom. The third-order valence-electron chi connectivity index (χ3n) is 3.99. The summed E-state index contributed by atoms with van der Waals surface area (Å²) in [6.45, 7) is 5.87. The minimum absolute atomic E-state index is 0.258. The van der Waals surface area contributed by atoms with Gasteiger partial charge in [-0.15, -0.1) is 0 Å². The lowest BCUT2D eigenvalue weighted by Crippen LogP contribution is -2.32. The number of hydrogen-bond acceptors (Lipinski definition) is 1. The maximum Gasteiger partial charge on any atom is 0.140 e. The summed E-state index contributed by atoms with van der Waals surface area (Å²) in [4.78, 5) is 15.2. The Morgan fingerprint density at radius 3 is 2.53 bits per heavy atom.